The molecule has 0 spiro atoms. The summed E-state index contributed by atoms with van der Waals surface area (Å²) in [6.07, 6.45) is 1.21. The van der Waals surface area contributed by atoms with Gasteiger partial charge in [0.25, 0.3) is 11.7 Å². The first kappa shape index (κ1) is 34.1. The van der Waals surface area contributed by atoms with Crippen LogP contribution in [0.4, 0.5) is 5.82 Å². The SMILES string of the molecule is CCn1c(CNC(=O)c2nc3cc[nH]c3nc2N)[n+](CC)c2ccc(C3CCN(C[C@H](O)[C@@H](O)[C@H]4CCOC(c5ccccc5)O4)CC3)cc21. The van der Waals surface area contributed by atoms with Crippen LogP contribution in [0.15, 0.2) is 60.8 Å². The van der Waals surface area contributed by atoms with Crippen LogP contribution in [-0.4, -0.2) is 85.1 Å². The zero-order valence-electron chi connectivity index (χ0n) is 28.7. The number of likely N-dealkylation sites (tertiary alicyclic amines) is 1. The number of amides is 1. The average molecular weight is 684 g/mol. The number of hydrogen-bond donors (Lipinski definition) is 5. The summed E-state index contributed by atoms with van der Waals surface area (Å²) in [6, 6.07) is 18.2. The summed E-state index contributed by atoms with van der Waals surface area (Å²) >= 11 is 0. The first-order valence-corrected chi connectivity index (χ1v) is 17.7. The zero-order chi connectivity index (χ0) is 34.8. The molecule has 264 valence electrons. The number of aromatic nitrogens is 5. The van der Waals surface area contributed by atoms with Crippen LogP contribution in [0.3, 0.4) is 0 Å². The molecule has 2 aliphatic rings. The highest BCUT2D eigenvalue weighted by Gasteiger charge is 2.35. The summed E-state index contributed by atoms with van der Waals surface area (Å²) in [7, 11) is 0. The number of aryl methyl sites for hydroxylation is 2. The van der Waals surface area contributed by atoms with Gasteiger partial charge in [-0.25, -0.2) is 19.1 Å². The van der Waals surface area contributed by atoms with Crippen LogP contribution >= 0.6 is 0 Å². The Hall–Kier alpha value is -4.40. The number of nitrogen functional groups attached to an aromatic ring is 1. The van der Waals surface area contributed by atoms with Gasteiger partial charge in [0, 0.05) is 18.3 Å². The van der Waals surface area contributed by atoms with Crippen LogP contribution in [0.2, 0.25) is 0 Å². The molecule has 3 aromatic heterocycles. The van der Waals surface area contributed by atoms with Crippen molar-refractivity contribution in [3.05, 3.63) is 83.4 Å². The molecule has 2 fully saturated rings. The molecule has 0 aliphatic carbocycles. The van der Waals surface area contributed by atoms with E-state index in [1.54, 1.807) is 12.3 Å². The van der Waals surface area contributed by atoms with Crippen LogP contribution in [-0.2, 0) is 29.1 Å². The van der Waals surface area contributed by atoms with E-state index in [0.717, 1.165) is 61.4 Å². The van der Waals surface area contributed by atoms with Gasteiger partial charge in [-0.1, -0.05) is 36.4 Å². The van der Waals surface area contributed by atoms with E-state index in [0.29, 0.717) is 43.2 Å². The Morgan fingerprint density at radius 2 is 1.88 bits per heavy atom. The average Bonchev–Trinajstić information content (AvgIpc) is 3.74. The Morgan fingerprint density at radius 3 is 2.64 bits per heavy atom. The molecule has 1 unspecified atom stereocenters. The molecule has 0 bridgehead atoms. The molecular formula is C37H47N8O5+. The highest BCUT2D eigenvalue weighted by Crippen LogP contribution is 2.32. The number of carbonyl (C=O) groups excluding carboxylic acids is 1. The quantitative estimate of drug-likeness (QED) is 0.131. The maximum atomic E-state index is 13.2. The Labute approximate surface area is 291 Å². The zero-order valence-corrected chi connectivity index (χ0v) is 28.7. The second-order valence-corrected chi connectivity index (χ2v) is 13.2. The number of ether oxygens (including phenoxy) is 2. The molecule has 2 aromatic carbocycles. The first-order valence-electron chi connectivity index (χ1n) is 17.7. The van der Waals surface area contributed by atoms with E-state index in [2.05, 4.69) is 66.3 Å². The van der Waals surface area contributed by atoms with E-state index in [1.165, 1.54) is 5.56 Å². The number of piperidine rings is 1. The second kappa shape index (κ2) is 14.8. The predicted octanol–water partition coefficient (Wildman–Crippen LogP) is 3.16. The summed E-state index contributed by atoms with van der Waals surface area (Å²) in [6.45, 7) is 8.56. The molecule has 6 N–H and O–H groups in total. The van der Waals surface area contributed by atoms with Crippen molar-refractivity contribution in [2.75, 3.05) is 32.0 Å². The van der Waals surface area contributed by atoms with Gasteiger partial charge in [-0.05, 0) is 75.9 Å². The molecule has 0 radical (unpaired) electrons. The third-order valence-electron chi connectivity index (χ3n) is 10.2. The van der Waals surface area contributed by atoms with Crippen molar-refractivity contribution in [3.8, 4) is 0 Å². The molecule has 7 rings (SSSR count). The van der Waals surface area contributed by atoms with Crippen molar-refractivity contribution in [1.82, 2.24) is 29.7 Å². The van der Waals surface area contributed by atoms with E-state index < -0.39 is 24.6 Å². The van der Waals surface area contributed by atoms with Crippen molar-refractivity contribution in [2.24, 2.45) is 0 Å². The summed E-state index contributed by atoms with van der Waals surface area (Å²) in [5.74, 6) is 1.10. The number of rotatable bonds is 11. The standard InChI is InChI=1S/C37H46N8O5/c1-3-44-27-11-10-25(20-28(27)45(4-2)31(44)21-40-36(48)32-34(38)42-35-26(41-32)12-16-39-35)23-13-17-43(18-14-23)22-29(46)33(47)30-15-19-49-37(50-30)24-8-6-5-7-9-24/h5-12,16,20,23,29-30,33,37,46-47H,3-4,13-15,17-19,21-22H2,1-2H3,(H3-,38,39,40,41,42,48)/p+1/t29-,30+,33+,37?/m0/s1. The molecule has 0 saturated carbocycles. The predicted molar refractivity (Wildman–Crippen MR) is 188 cm³/mol. The Kier molecular flexibility index (Phi) is 10.1. The van der Waals surface area contributed by atoms with Gasteiger partial charge in [0.05, 0.1) is 31.9 Å². The van der Waals surface area contributed by atoms with Crippen LogP contribution in [0, 0.1) is 0 Å². The maximum absolute atomic E-state index is 13.2. The third-order valence-corrected chi connectivity index (χ3v) is 10.2. The van der Waals surface area contributed by atoms with Crippen molar-refractivity contribution in [1.29, 1.82) is 0 Å². The smallest absolute Gasteiger partial charge is 0.277 e. The first-order chi connectivity index (χ1) is 24.3. The number of hydrogen-bond acceptors (Lipinski definition) is 9. The van der Waals surface area contributed by atoms with Crippen LogP contribution in [0.5, 0.6) is 0 Å². The monoisotopic (exact) mass is 683 g/mol. The summed E-state index contributed by atoms with van der Waals surface area (Å²) in [5.41, 5.74) is 11.8. The minimum absolute atomic E-state index is 0.0866. The van der Waals surface area contributed by atoms with Gasteiger partial charge in [0.2, 0.25) is 0 Å². The van der Waals surface area contributed by atoms with Crippen molar-refractivity contribution in [3.63, 3.8) is 0 Å². The number of carbonyl (C=O) groups is 1. The van der Waals surface area contributed by atoms with Crippen molar-refractivity contribution < 1.29 is 29.0 Å². The lowest BCUT2D eigenvalue weighted by Crippen LogP contribution is -2.49. The lowest BCUT2D eigenvalue weighted by Gasteiger charge is -2.37. The molecule has 2 saturated heterocycles. The van der Waals surface area contributed by atoms with Crippen molar-refractivity contribution >= 4 is 33.9 Å². The summed E-state index contributed by atoms with van der Waals surface area (Å²) in [5, 5.41) is 25.1. The number of nitrogens with one attached hydrogen (secondary N) is 2. The van der Waals surface area contributed by atoms with E-state index in [9.17, 15) is 15.0 Å². The molecule has 50 heavy (non-hydrogen) atoms. The fourth-order valence-corrected chi connectivity index (χ4v) is 7.52. The number of β-amino-alcohol motifs (C(OH)–C–C–N with tert-alkyl or cyclic N) is 1. The van der Waals surface area contributed by atoms with Crippen LogP contribution in [0.1, 0.15) is 72.8 Å². The molecular weight excluding hydrogens is 636 g/mol. The number of aliphatic hydroxyl groups excluding tert-OH is 2. The molecule has 5 heterocycles. The second-order valence-electron chi connectivity index (χ2n) is 13.2. The number of aliphatic hydroxyl groups is 2. The highest BCUT2D eigenvalue weighted by molar-refractivity contribution is 5.98. The number of nitrogens with zero attached hydrogens (tertiary/aromatic N) is 5. The van der Waals surface area contributed by atoms with Gasteiger partial charge >= 0.3 is 0 Å². The van der Waals surface area contributed by atoms with Gasteiger partial charge in [0.1, 0.15) is 18.2 Å². The minimum Gasteiger partial charge on any atom is -0.389 e. The number of aromatic amines is 1. The van der Waals surface area contributed by atoms with E-state index in [-0.39, 0.29) is 17.4 Å². The summed E-state index contributed by atoms with van der Waals surface area (Å²) in [4.78, 5) is 27.1. The fourth-order valence-electron chi connectivity index (χ4n) is 7.52. The van der Waals surface area contributed by atoms with Crippen molar-refractivity contribution in [2.45, 2.75) is 83.3 Å². The fraction of sp³-hybridized carbons (Fsp3) is 0.459. The van der Waals surface area contributed by atoms with E-state index in [1.807, 2.05) is 30.3 Å². The maximum Gasteiger partial charge on any atom is 0.277 e. The minimum atomic E-state index is -0.996. The number of nitrogens with two attached hydrogens (primary N) is 1. The Bertz CT molecular complexity index is 1940. The van der Waals surface area contributed by atoms with Gasteiger partial charge in [-0.2, -0.15) is 0 Å². The van der Waals surface area contributed by atoms with Gasteiger partial charge in [-0.15, -0.1) is 0 Å². The number of H-pyrrole nitrogens is 1. The number of anilines is 1. The van der Waals surface area contributed by atoms with Gasteiger partial charge < -0.3 is 40.6 Å². The molecule has 4 atom stereocenters. The number of benzene rings is 2. The molecule has 2 aliphatic heterocycles. The molecule has 5 aromatic rings. The van der Waals surface area contributed by atoms with E-state index >= 15 is 0 Å². The van der Waals surface area contributed by atoms with E-state index in [4.69, 9.17) is 15.2 Å². The highest BCUT2D eigenvalue weighted by atomic mass is 16.7. The normalized spacial score (nSPS) is 20.3. The van der Waals surface area contributed by atoms with Crippen LogP contribution < -0.4 is 15.6 Å². The lowest BCUT2D eigenvalue weighted by atomic mass is 9.89. The number of imidazole rings is 1. The molecule has 13 heteroatoms. The Balaban J connectivity index is 0.983. The Morgan fingerprint density at radius 1 is 1.08 bits per heavy atom. The number of fused-ring (bicyclic) bond motifs is 2. The summed E-state index contributed by atoms with van der Waals surface area (Å²) < 4.78 is 16.4. The van der Waals surface area contributed by atoms with Crippen LogP contribution in [0.25, 0.3) is 22.2 Å². The molecule has 13 nitrogen and oxygen atoms in total. The molecule has 1 amide bonds. The van der Waals surface area contributed by atoms with Gasteiger partial charge in [0.15, 0.2) is 34.5 Å². The van der Waals surface area contributed by atoms with Gasteiger partial charge in [-0.3, -0.25) is 4.79 Å². The lowest BCUT2D eigenvalue weighted by molar-refractivity contribution is -0.676. The largest absolute Gasteiger partial charge is 0.389 e. The topological polar surface area (TPSA) is 168 Å². The third kappa shape index (κ3) is 6.83.